The van der Waals surface area contributed by atoms with Gasteiger partial charge in [0.15, 0.2) is 0 Å². The maximum Gasteiger partial charge on any atom is 0.279 e. The van der Waals surface area contributed by atoms with Crippen molar-refractivity contribution in [3.8, 4) is 0 Å². The lowest BCUT2D eigenvalue weighted by molar-refractivity contribution is 0.0193. The van der Waals surface area contributed by atoms with Gasteiger partial charge in [-0.3, -0.25) is 0 Å². The molecule has 122 valence electrons. The second-order valence-electron chi connectivity index (χ2n) is 5.64. The van der Waals surface area contributed by atoms with Gasteiger partial charge < -0.3 is 10.0 Å². The lowest BCUT2D eigenvalue weighted by Gasteiger charge is -2.36. The molecule has 7 heteroatoms. The van der Waals surface area contributed by atoms with Crippen LogP contribution in [0, 0.1) is 0 Å². The Hall–Kier alpha value is -0.730. The van der Waals surface area contributed by atoms with Crippen LogP contribution in [0.1, 0.15) is 19.8 Å². The molecule has 1 rings (SSSR count). The van der Waals surface area contributed by atoms with Crippen molar-refractivity contribution in [2.45, 2.75) is 31.4 Å². The summed E-state index contributed by atoms with van der Waals surface area (Å²) in [4.78, 5) is 2.08. The van der Waals surface area contributed by atoms with Crippen LogP contribution < -0.4 is 4.72 Å². The van der Waals surface area contributed by atoms with Crippen molar-refractivity contribution in [3.63, 3.8) is 0 Å². The minimum absolute atomic E-state index is 0.297. The molecule has 1 atom stereocenters. The van der Waals surface area contributed by atoms with E-state index in [9.17, 15) is 13.5 Å². The van der Waals surface area contributed by atoms with Gasteiger partial charge in [0.05, 0.1) is 5.60 Å². The van der Waals surface area contributed by atoms with E-state index in [-0.39, 0.29) is 0 Å². The number of nitrogens with zero attached hydrogens (tertiary/aromatic N) is 2. The highest BCUT2D eigenvalue weighted by Crippen LogP contribution is 2.22. The van der Waals surface area contributed by atoms with E-state index in [0.29, 0.717) is 39.0 Å². The monoisotopic (exact) mass is 317 g/mol. The van der Waals surface area contributed by atoms with Gasteiger partial charge in [-0.05, 0) is 26.8 Å². The zero-order chi connectivity index (χ0) is 16.1. The highest BCUT2D eigenvalue weighted by atomic mass is 32.2. The number of piperazine rings is 1. The van der Waals surface area contributed by atoms with Crippen molar-refractivity contribution in [1.82, 2.24) is 13.9 Å². The Morgan fingerprint density at radius 1 is 1.24 bits per heavy atom. The topological polar surface area (TPSA) is 72.9 Å². The number of likely N-dealkylation sites (N-methyl/N-ethyl adjacent to an activating group) is 1. The Kier molecular flexibility index (Phi) is 6.55. The molecular weight excluding hydrogens is 290 g/mol. The van der Waals surface area contributed by atoms with Crippen molar-refractivity contribution >= 4 is 10.2 Å². The van der Waals surface area contributed by atoms with Crippen molar-refractivity contribution in [2.75, 3.05) is 33.2 Å². The fourth-order valence-electron chi connectivity index (χ4n) is 2.37. The maximum absolute atomic E-state index is 12.4. The Bertz CT molecular complexity index is 446. The molecule has 1 saturated heterocycles. The fourth-order valence-corrected chi connectivity index (χ4v) is 3.83. The van der Waals surface area contributed by atoms with Gasteiger partial charge in [-0.25, -0.2) is 0 Å². The van der Waals surface area contributed by atoms with Crippen molar-refractivity contribution in [1.29, 1.82) is 0 Å². The molecule has 0 radical (unpaired) electrons. The lowest BCUT2D eigenvalue weighted by Crippen LogP contribution is -2.57. The molecule has 0 bridgehead atoms. The van der Waals surface area contributed by atoms with Crippen LogP contribution in [0.25, 0.3) is 0 Å². The molecule has 0 amide bonds. The second-order valence-corrected chi connectivity index (χ2v) is 7.34. The van der Waals surface area contributed by atoms with Crippen LogP contribution >= 0.6 is 0 Å². The summed E-state index contributed by atoms with van der Waals surface area (Å²) >= 11 is 0. The van der Waals surface area contributed by atoms with Crippen LogP contribution in [0.15, 0.2) is 25.3 Å². The smallest absolute Gasteiger partial charge is 0.279 e. The van der Waals surface area contributed by atoms with E-state index in [1.165, 1.54) is 4.31 Å². The molecule has 0 aromatic carbocycles. The summed E-state index contributed by atoms with van der Waals surface area (Å²) < 4.78 is 28.8. The van der Waals surface area contributed by atoms with Gasteiger partial charge in [0, 0.05) is 32.2 Å². The first-order valence-corrected chi connectivity index (χ1v) is 8.59. The molecular formula is C14H27N3O3S. The van der Waals surface area contributed by atoms with Crippen molar-refractivity contribution in [2.24, 2.45) is 0 Å². The summed E-state index contributed by atoms with van der Waals surface area (Å²) in [5.74, 6) is 0. The largest absolute Gasteiger partial charge is 0.388 e. The molecule has 0 unspecified atom stereocenters. The standard InChI is InChI=1S/C14H27N3O3S/c1-5-7-14(18,8-6-2)13(3)15-21(19,20)17-11-9-16(4)10-12-17/h5-6,13,15,18H,1-2,7-12H2,3-4H3/t13-/m1/s1. The number of aliphatic hydroxyl groups is 1. The Labute approximate surface area is 128 Å². The molecule has 0 aromatic heterocycles. The molecule has 0 aromatic rings. The number of hydrogen-bond donors (Lipinski definition) is 2. The zero-order valence-electron chi connectivity index (χ0n) is 13.0. The van der Waals surface area contributed by atoms with Gasteiger partial charge in [0.25, 0.3) is 10.2 Å². The Morgan fingerprint density at radius 3 is 2.14 bits per heavy atom. The maximum atomic E-state index is 12.4. The SMILES string of the molecule is C=CCC(O)(CC=C)[C@@H](C)NS(=O)(=O)N1CCN(C)CC1. The number of hydrogen-bond acceptors (Lipinski definition) is 4. The van der Waals surface area contributed by atoms with Gasteiger partial charge in [-0.2, -0.15) is 17.4 Å². The Balaban J connectivity index is 2.76. The van der Waals surface area contributed by atoms with E-state index in [2.05, 4.69) is 22.8 Å². The summed E-state index contributed by atoms with van der Waals surface area (Å²) in [6, 6.07) is -0.627. The molecule has 1 aliphatic heterocycles. The normalized spacial score (nSPS) is 20.1. The summed E-state index contributed by atoms with van der Waals surface area (Å²) in [5, 5.41) is 10.6. The van der Waals surface area contributed by atoms with Crippen LogP contribution in [-0.4, -0.2) is 67.6 Å². The fraction of sp³-hybridized carbons (Fsp3) is 0.714. The average molecular weight is 317 g/mol. The molecule has 0 spiro atoms. The Morgan fingerprint density at radius 2 is 1.71 bits per heavy atom. The average Bonchev–Trinajstić information content (AvgIpc) is 2.39. The third kappa shape index (κ3) is 4.89. The highest BCUT2D eigenvalue weighted by molar-refractivity contribution is 7.87. The molecule has 1 aliphatic rings. The van der Waals surface area contributed by atoms with E-state index >= 15 is 0 Å². The van der Waals surface area contributed by atoms with Gasteiger partial charge in [-0.15, -0.1) is 13.2 Å². The van der Waals surface area contributed by atoms with Crippen LogP contribution in [0.3, 0.4) is 0 Å². The van der Waals surface area contributed by atoms with Crippen molar-refractivity contribution < 1.29 is 13.5 Å². The van der Waals surface area contributed by atoms with E-state index < -0.39 is 21.9 Å². The minimum Gasteiger partial charge on any atom is -0.388 e. The number of rotatable bonds is 8. The number of nitrogens with one attached hydrogen (secondary N) is 1. The van der Waals surface area contributed by atoms with E-state index in [1.807, 2.05) is 7.05 Å². The zero-order valence-corrected chi connectivity index (χ0v) is 13.8. The summed E-state index contributed by atoms with van der Waals surface area (Å²) in [6.45, 7) is 11.2. The van der Waals surface area contributed by atoms with E-state index in [1.54, 1.807) is 19.1 Å². The predicted molar refractivity (Wildman–Crippen MR) is 85.2 cm³/mol. The third-order valence-corrected chi connectivity index (χ3v) is 5.63. The van der Waals surface area contributed by atoms with Gasteiger partial charge >= 0.3 is 0 Å². The first kappa shape index (κ1) is 18.3. The highest BCUT2D eigenvalue weighted by Gasteiger charge is 2.36. The molecule has 1 heterocycles. The molecule has 6 nitrogen and oxygen atoms in total. The third-order valence-electron chi connectivity index (χ3n) is 3.93. The molecule has 1 fully saturated rings. The first-order valence-electron chi connectivity index (χ1n) is 7.15. The van der Waals surface area contributed by atoms with Gasteiger partial charge in [0.2, 0.25) is 0 Å². The quantitative estimate of drug-likeness (QED) is 0.633. The summed E-state index contributed by atoms with van der Waals surface area (Å²) in [7, 11) is -1.63. The van der Waals surface area contributed by atoms with Gasteiger partial charge in [0.1, 0.15) is 0 Å². The minimum atomic E-state index is -3.60. The molecule has 21 heavy (non-hydrogen) atoms. The van der Waals surface area contributed by atoms with Crippen LogP contribution in [-0.2, 0) is 10.2 Å². The molecule has 2 N–H and O–H groups in total. The summed E-state index contributed by atoms with van der Waals surface area (Å²) in [6.07, 6.45) is 3.77. The molecule has 0 aliphatic carbocycles. The van der Waals surface area contributed by atoms with E-state index in [0.717, 1.165) is 0 Å². The first-order chi connectivity index (χ1) is 9.75. The van der Waals surface area contributed by atoms with Crippen molar-refractivity contribution in [3.05, 3.63) is 25.3 Å². The predicted octanol–water partition coefficient (Wildman–Crippen LogP) is 0.340. The van der Waals surface area contributed by atoms with Crippen LogP contribution in [0.5, 0.6) is 0 Å². The lowest BCUT2D eigenvalue weighted by atomic mass is 9.89. The van der Waals surface area contributed by atoms with Crippen LogP contribution in [0.4, 0.5) is 0 Å². The van der Waals surface area contributed by atoms with Gasteiger partial charge in [-0.1, -0.05) is 12.2 Å². The summed E-state index contributed by atoms with van der Waals surface area (Å²) in [5.41, 5.74) is -1.21. The van der Waals surface area contributed by atoms with Crippen LogP contribution in [0.2, 0.25) is 0 Å². The molecule has 0 saturated carbocycles. The van der Waals surface area contributed by atoms with E-state index in [4.69, 9.17) is 0 Å². The second kappa shape index (κ2) is 7.51.